The van der Waals surface area contributed by atoms with Crippen LogP contribution < -0.4 is 4.74 Å². The molecule has 0 aliphatic heterocycles. The number of carbonyl (C=O) groups excluding carboxylic acids is 1. The molecule has 0 spiro atoms. The van der Waals surface area contributed by atoms with Gasteiger partial charge >= 0.3 is 0 Å². The van der Waals surface area contributed by atoms with Crippen molar-refractivity contribution < 1.29 is 9.53 Å². The van der Waals surface area contributed by atoms with Crippen LogP contribution in [0.15, 0.2) is 58.4 Å². The molecule has 0 N–H and O–H groups in total. The van der Waals surface area contributed by atoms with Crippen molar-refractivity contribution in [2.45, 2.75) is 0 Å². The van der Waals surface area contributed by atoms with Crippen LogP contribution in [0.5, 0.6) is 5.75 Å². The number of benzene rings is 2. The molecule has 0 unspecified atom stereocenters. The maximum Gasteiger partial charge on any atom is 0.211 e. The first-order valence-electron chi connectivity index (χ1n) is 6.12. The Kier molecular flexibility index (Phi) is 3.85. The van der Waals surface area contributed by atoms with Gasteiger partial charge in [0.15, 0.2) is 6.61 Å². The van der Waals surface area contributed by atoms with Gasteiger partial charge in [-0.25, -0.2) is 0 Å². The predicted octanol–water partition coefficient (Wildman–Crippen LogP) is 4.93. The summed E-state index contributed by atoms with van der Waals surface area (Å²) >= 11 is 4.79. The van der Waals surface area contributed by atoms with Crippen molar-refractivity contribution in [3.8, 4) is 5.75 Å². The molecule has 1 aromatic heterocycles. The minimum absolute atomic E-state index is 0.0141. The van der Waals surface area contributed by atoms with E-state index in [1.807, 2.05) is 53.9 Å². The SMILES string of the molecule is O=C(COc1cccc2ccccc12)c1sccc1Br. The molecule has 0 saturated heterocycles. The lowest BCUT2D eigenvalue weighted by molar-refractivity contribution is 0.0926. The van der Waals surface area contributed by atoms with E-state index >= 15 is 0 Å². The highest BCUT2D eigenvalue weighted by molar-refractivity contribution is 9.10. The van der Waals surface area contributed by atoms with Gasteiger partial charge in [0.05, 0.1) is 4.88 Å². The lowest BCUT2D eigenvalue weighted by atomic mass is 10.1. The van der Waals surface area contributed by atoms with E-state index in [1.165, 1.54) is 11.3 Å². The summed E-state index contributed by atoms with van der Waals surface area (Å²) in [6.45, 7) is 0.0487. The van der Waals surface area contributed by atoms with E-state index in [2.05, 4.69) is 15.9 Å². The molecule has 0 radical (unpaired) electrons. The van der Waals surface area contributed by atoms with Gasteiger partial charge in [0, 0.05) is 9.86 Å². The molecule has 3 aromatic rings. The molecular weight excluding hydrogens is 336 g/mol. The highest BCUT2D eigenvalue weighted by Crippen LogP contribution is 2.26. The number of rotatable bonds is 4. The van der Waals surface area contributed by atoms with Crippen LogP contribution in [0.25, 0.3) is 10.8 Å². The van der Waals surface area contributed by atoms with Gasteiger partial charge in [-0.2, -0.15) is 0 Å². The third-order valence-electron chi connectivity index (χ3n) is 2.98. The zero-order valence-electron chi connectivity index (χ0n) is 10.5. The first-order chi connectivity index (χ1) is 9.75. The number of Topliss-reactive ketones (excluding diaryl/α,β-unsaturated/α-hetero) is 1. The van der Waals surface area contributed by atoms with Crippen LogP contribution in [-0.4, -0.2) is 12.4 Å². The van der Waals surface area contributed by atoms with Crippen LogP contribution in [0.4, 0.5) is 0 Å². The average molecular weight is 347 g/mol. The van der Waals surface area contributed by atoms with E-state index in [4.69, 9.17) is 4.74 Å². The number of carbonyl (C=O) groups is 1. The zero-order chi connectivity index (χ0) is 13.9. The van der Waals surface area contributed by atoms with E-state index in [0.29, 0.717) is 4.88 Å². The molecule has 1 heterocycles. The van der Waals surface area contributed by atoms with Crippen LogP contribution in [0.2, 0.25) is 0 Å². The molecule has 4 heteroatoms. The van der Waals surface area contributed by atoms with Crippen LogP contribution in [-0.2, 0) is 0 Å². The second kappa shape index (κ2) is 5.77. The molecule has 0 saturated carbocycles. The Morgan fingerprint density at radius 3 is 2.70 bits per heavy atom. The molecule has 3 rings (SSSR count). The summed E-state index contributed by atoms with van der Waals surface area (Å²) in [5.41, 5.74) is 0. The quantitative estimate of drug-likeness (QED) is 0.626. The van der Waals surface area contributed by atoms with Crippen LogP contribution >= 0.6 is 27.3 Å². The van der Waals surface area contributed by atoms with E-state index in [0.717, 1.165) is 21.0 Å². The van der Waals surface area contributed by atoms with E-state index in [1.54, 1.807) is 0 Å². The lowest BCUT2D eigenvalue weighted by Crippen LogP contribution is -2.10. The van der Waals surface area contributed by atoms with Crippen LogP contribution in [0, 0.1) is 0 Å². The molecule has 0 aliphatic carbocycles. The zero-order valence-corrected chi connectivity index (χ0v) is 12.9. The van der Waals surface area contributed by atoms with Crippen molar-refractivity contribution in [2.75, 3.05) is 6.61 Å². The largest absolute Gasteiger partial charge is 0.485 e. The minimum Gasteiger partial charge on any atom is -0.485 e. The molecule has 100 valence electrons. The standard InChI is InChI=1S/C16H11BrO2S/c17-13-8-9-20-16(13)14(18)10-19-15-7-3-5-11-4-1-2-6-12(11)15/h1-9H,10H2. The van der Waals surface area contributed by atoms with E-state index in [-0.39, 0.29) is 12.4 Å². The molecule has 0 aliphatic rings. The molecule has 20 heavy (non-hydrogen) atoms. The van der Waals surface area contributed by atoms with Crippen molar-refractivity contribution in [1.82, 2.24) is 0 Å². The van der Waals surface area contributed by atoms with Gasteiger partial charge in [0.1, 0.15) is 5.75 Å². The monoisotopic (exact) mass is 346 g/mol. The topological polar surface area (TPSA) is 26.3 Å². The van der Waals surface area contributed by atoms with Gasteiger partial charge < -0.3 is 4.74 Å². The van der Waals surface area contributed by atoms with E-state index in [9.17, 15) is 4.79 Å². The summed E-state index contributed by atoms with van der Waals surface area (Å²) < 4.78 is 6.52. The van der Waals surface area contributed by atoms with Crippen molar-refractivity contribution in [3.63, 3.8) is 0 Å². The Morgan fingerprint density at radius 2 is 1.90 bits per heavy atom. The molecule has 0 bridgehead atoms. The molecule has 0 amide bonds. The maximum absolute atomic E-state index is 12.1. The van der Waals surface area contributed by atoms with Crippen molar-refractivity contribution in [3.05, 3.63) is 63.3 Å². The van der Waals surface area contributed by atoms with Gasteiger partial charge in [0.2, 0.25) is 5.78 Å². The lowest BCUT2D eigenvalue weighted by Gasteiger charge is -2.08. The van der Waals surface area contributed by atoms with E-state index < -0.39 is 0 Å². The molecular formula is C16H11BrO2S. The normalized spacial score (nSPS) is 10.7. The molecule has 0 fully saturated rings. The Morgan fingerprint density at radius 1 is 1.10 bits per heavy atom. The summed E-state index contributed by atoms with van der Waals surface area (Å²) in [6.07, 6.45) is 0. The maximum atomic E-state index is 12.1. The van der Waals surface area contributed by atoms with Gasteiger partial charge in [-0.1, -0.05) is 36.4 Å². The second-order valence-corrected chi connectivity index (χ2v) is 6.06. The average Bonchev–Trinajstić information content (AvgIpc) is 2.91. The number of hydrogen-bond acceptors (Lipinski definition) is 3. The predicted molar refractivity (Wildman–Crippen MR) is 85.8 cm³/mol. The fourth-order valence-electron chi connectivity index (χ4n) is 2.02. The third-order valence-corrected chi connectivity index (χ3v) is 4.86. The Labute approximate surface area is 129 Å². The number of thiophene rings is 1. The van der Waals surface area contributed by atoms with Crippen LogP contribution in [0.1, 0.15) is 9.67 Å². The van der Waals surface area contributed by atoms with Gasteiger partial charge in [-0.05, 0) is 38.8 Å². The number of ketones is 1. The fraction of sp³-hybridized carbons (Fsp3) is 0.0625. The number of ether oxygens (including phenoxy) is 1. The highest BCUT2D eigenvalue weighted by Gasteiger charge is 2.12. The molecule has 2 nitrogen and oxygen atoms in total. The van der Waals surface area contributed by atoms with Crippen LogP contribution in [0.3, 0.4) is 0 Å². The smallest absolute Gasteiger partial charge is 0.211 e. The summed E-state index contributed by atoms with van der Waals surface area (Å²) in [4.78, 5) is 12.8. The number of halogens is 1. The highest BCUT2D eigenvalue weighted by atomic mass is 79.9. The van der Waals surface area contributed by atoms with Crippen molar-refractivity contribution >= 4 is 43.8 Å². The molecule has 0 atom stereocenters. The Balaban J connectivity index is 1.81. The Hall–Kier alpha value is -1.65. The molecule has 2 aromatic carbocycles. The summed E-state index contributed by atoms with van der Waals surface area (Å²) in [6, 6.07) is 15.7. The summed E-state index contributed by atoms with van der Waals surface area (Å²) in [5, 5.41) is 4.01. The first kappa shape index (κ1) is 13.3. The summed E-state index contributed by atoms with van der Waals surface area (Å²) in [5.74, 6) is 0.726. The number of hydrogen-bond donors (Lipinski definition) is 0. The second-order valence-electron chi connectivity index (χ2n) is 4.29. The first-order valence-corrected chi connectivity index (χ1v) is 7.80. The Bertz CT molecular complexity index is 759. The third kappa shape index (κ3) is 2.62. The van der Waals surface area contributed by atoms with Gasteiger partial charge in [0.25, 0.3) is 0 Å². The van der Waals surface area contributed by atoms with Crippen molar-refractivity contribution in [1.29, 1.82) is 0 Å². The minimum atomic E-state index is -0.0141. The number of fused-ring (bicyclic) bond motifs is 1. The van der Waals surface area contributed by atoms with Gasteiger partial charge in [-0.15, -0.1) is 11.3 Å². The summed E-state index contributed by atoms with van der Waals surface area (Å²) in [7, 11) is 0. The van der Waals surface area contributed by atoms with Gasteiger partial charge in [-0.3, -0.25) is 4.79 Å². The fourth-order valence-corrected chi connectivity index (χ4v) is 3.54. The van der Waals surface area contributed by atoms with Crippen molar-refractivity contribution in [2.24, 2.45) is 0 Å².